The smallest absolute Gasteiger partial charge is 0.0812 e. The number of aromatic nitrogens is 1. The number of rotatable bonds is 2. The molecule has 4 heteroatoms. The molecule has 78 valence electrons. The molecule has 0 unspecified atom stereocenters. The molecule has 1 aliphatic rings. The minimum atomic E-state index is -0.168. The van der Waals surface area contributed by atoms with Crippen LogP contribution in [0.2, 0.25) is 0 Å². The average Bonchev–Trinajstić information content (AvgIpc) is 2.64. The van der Waals surface area contributed by atoms with Crippen LogP contribution < -0.4 is 0 Å². The Bertz CT molecular complexity index is 485. The molecule has 0 saturated carbocycles. The molecule has 1 aromatic carbocycles. The van der Waals surface area contributed by atoms with Gasteiger partial charge in [0, 0.05) is 0 Å². The summed E-state index contributed by atoms with van der Waals surface area (Å²) < 4.78 is 6.38. The summed E-state index contributed by atoms with van der Waals surface area (Å²) in [6, 6.07) is 6.17. The van der Waals surface area contributed by atoms with E-state index in [2.05, 4.69) is 11.1 Å². The van der Waals surface area contributed by atoms with Gasteiger partial charge in [0.2, 0.25) is 0 Å². The Morgan fingerprint density at radius 1 is 1.47 bits per heavy atom. The fourth-order valence-corrected chi connectivity index (χ4v) is 2.60. The summed E-state index contributed by atoms with van der Waals surface area (Å²) >= 11 is 1.63. The van der Waals surface area contributed by atoms with E-state index in [1.807, 2.05) is 17.6 Å². The van der Waals surface area contributed by atoms with Crippen LogP contribution in [0.25, 0.3) is 10.2 Å². The van der Waals surface area contributed by atoms with Gasteiger partial charge in [-0.3, -0.25) is 0 Å². The Morgan fingerprint density at radius 3 is 3.00 bits per heavy atom. The van der Waals surface area contributed by atoms with Crippen LogP contribution in [0.1, 0.15) is 5.56 Å². The fraction of sp³-hybridized carbons (Fsp3) is 0.364. The molecule has 1 aliphatic heterocycles. The van der Waals surface area contributed by atoms with Gasteiger partial charge in [-0.05, 0) is 17.7 Å². The molecule has 2 aromatic rings. The Balaban J connectivity index is 2.10. The van der Waals surface area contributed by atoms with E-state index >= 15 is 0 Å². The maximum atomic E-state index is 9.42. The second-order valence-electron chi connectivity index (χ2n) is 3.97. The van der Waals surface area contributed by atoms with E-state index in [9.17, 15) is 5.11 Å². The van der Waals surface area contributed by atoms with Gasteiger partial charge in [0.05, 0.1) is 41.0 Å². The van der Waals surface area contributed by atoms with Gasteiger partial charge in [-0.1, -0.05) is 6.07 Å². The van der Waals surface area contributed by atoms with Gasteiger partial charge in [-0.2, -0.15) is 0 Å². The number of hydrogen-bond acceptors (Lipinski definition) is 4. The van der Waals surface area contributed by atoms with Crippen LogP contribution in [-0.2, 0) is 10.2 Å². The van der Waals surface area contributed by atoms with Crippen LogP contribution in [0.3, 0.4) is 0 Å². The quantitative estimate of drug-likeness (QED) is 0.836. The summed E-state index contributed by atoms with van der Waals surface area (Å²) in [7, 11) is 0. The summed E-state index contributed by atoms with van der Waals surface area (Å²) in [6.45, 7) is 1.39. The van der Waals surface area contributed by atoms with Crippen molar-refractivity contribution >= 4 is 21.6 Å². The molecule has 0 aliphatic carbocycles. The van der Waals surface area contributed by atoms with Crippen LogP contribution in [0.5, 0.6) is 0 Å². The SMILES string of the molecule is OCC1(c2ccc3ncsc3c2)COC1. The average molecular weight is 221 g/mol. The molecule has 1 saturated heterocycles. The van der Waals surface area contributed by atoms with Crippen molar-refractivity contribution in [3.8, 4) is 0 Å². The number of benzene rings is 1. The molecule has 1 fully saturated rings. The Hall–Kier alpha value is -0.970. The molecule has 0 amide bonds. The zero-order valence-corrected chi connectivity index (χ0v) is 8.96. The lowest BCUT2D eigenvalue weighted by molar-refractivity contribution is -0.0840. The first-order valence-corrected chi connectivity index (χ1v) is 5.74. The lowest BCUT2D eigenvalue weighted by Crippen LogP contribution is -2.49. The van der Waals surface area contributed by atoms with Crippen LogP contribution in [0, 0.1) is 0 Å². The zero-order chi connectivity index (χ0) is 10.3. The van der Waals surface area contributed by atoms with Crippen molar-refractivity contribution in [2.45, 2.75) is 5.41 Å². The van der Waals surface area contributed by atoms with Crippen molar-refractivity contribution in [2.24, 2.45) is 0 Å². The molecule has 0 spiro atoms. The minimum Gasteiger partial charge on any atom is -0.395 e. The Morgan fingerprint density at radius 2 is 2.33 bits per heavy atom. The number of hydrogen-bond donors (Lipinski definition) is 1. The van der Waals surface area contributed by atoms with Crippen molar-refractivity contribution < 1.29 is 9.84 Å². The van der Waals surface area contributed by atoms with Crippen molar-refractivity contribution in [1.82, 2.24) is 4.98 Å². The van der Waals surface area contributed by atoms with Gasteiger partial charge in [0.25, 0.3) is 0 Å². The predicted octanol–water partition coefficient (Wildman–Crippen LogP) is 1.56. The molecule has 0 bridgehead atoms. The van der Waals surface area contributed by atoms with Crippen molar-refractivity contribution in [1.29, 1.82) is 0 Å². The monoisotopic (exact) mass is 221 g/mol. The first kappa shape index (κ1) is 9.27. The van der Waals surface area contributed by atoms with Gasteiger partial charge in [-0.15, -0.1) is 11.3 Å². The lowest BCUT2D eigenvalue weighted by Gasteiger charge is -2.40. The molecule has 2 heterocycles. The van der Waals surface area contributed by atoms with Crippen LogP contribution >= 0.6 is 11.3 Å². The van der Waals surface area contributed by atoms with E-state index in [1.165, 1.54) is 4.70 Å². The predicted molar refractivity (Wildman–Crippen MR) is 59.2 cm³/mol. The number of ether oxygens (including phenoxy) is 1. The second-order valence-corrected chi connectivity index (χ2v) is 4.85. The van der Waals surface area contributed by atoms with E-state index in [4.69, 9.17) is 4.74 Å². The minimum absolute atomic E-state index is 0.150. The molecule has 1 N–H and O–H groups in total. The van der Waals surface area contributed by atoms with Crippen LogP contribution in [0.15, 0.2) is 23.7 Å². The number of aliphatic hydroxyl groups excluding tert-OH is 1. The van der Waals surface area contributed by atoms with Crippen LogP contribution in [0.4, 0.5) is 0 Å². The number of fused-ring (bicyclic) bond motifs is 1. The third-order valence-electron chi connectivity index (χ3n) is 3.00. The lowest BCUT2D eigenvalue weighted by atomic mass is 9.79. The van der Waals surface area contributed by atoms with Gasteiger partial charge >= 0.3 is 0 Å². The van der Waals surface area contributed by atoms with E-state index in [0.717, 1.165) is 11.1 Å². The molecular weight excluding hydrogens is 210 g/mol. The topological polar surface area (TPSA) is 42.4 Å². The summed E-state index contributed by atoms with van der Waals surface area (Å²) in [5.74, 6) is 0. The summed E-state index contributed by atoms with van der Waals surface area (Å²) in [4.78, 5) is 4.24. The third-order valence-corrected chi connectivity index (χ3v) is 3.79. The molecule has 3 rings (SSSR count). The highest BCUT2D eigenvalue weighted by Crippen LogP contribution is 2.34. The summed E-state index contributed by atoms with van der Waals surface area (Å²) in [5.41, 5.74) is 3.86. The molecule has 0 atom stereocenters. The molecule has 1 aromatic heterocycles. The highest BCUT2D eigenvalue weighted by Gasteiger charge is 2.39. The Labute approximate surface area is 91.3 Å². The van der Waals surface area contributed by atoms with Gasteiger partial charge in [-0.25, -0.2) is 4.98 Å². The highest BCUT2D eigenvalue weighted by atomic mass is 32.1. The van der Waals surface area contributed by atoms with E-state index in [0.29, 0.717) is 13.2 Å². The Kier molecular flexibility index (Phi) is 2.02. The summed E-state index contributed by atoms with van der Waals surface area (Å²) in [6.07, 6.45) is 0. The van der Waals surface area contributed by atoms with Crippen LogP contribution in [-0.4, -0.2) is 29.9 Å². The van der Waals surface area contributed by atoms with Crippen molar-refractivity contribution in [3.05, 3.63) is 29.3 Å². The number of aliphatic hydroxyl groups is 1. The fourth-order valence-electron chi connectivity index (χ4n) is 1.88. The molecule has 0 radical (unpaired) electrons. The largest absolute Gasteiger partial charge is 0.395 e. The highest BCUT2D eigenvalue weighted by molar-refractivity contribution is 7.16. The maximum absolute atomic E-state index is 9.42. The van der Waals surface area contributed by atoms with E-state index in [-0.39, 0.29) is 12.0 Å². The first-order valence-electron chi connectivity index (χ1n) is 4.86. The summed E-state index contributed by atoms with van der Waals surface area (Å²) in [5, 5.41) is 9.42. The first-order chi connectivity index (χ1) is 7.34. The van der Waals surface area contributed by atoms with Gasteiger partial charge in [0.1, 0.15) is 0 Å². The number of thiazole rings is 1. The zero-order valence-electron chi connectivity index (χ0n) is 8.14. The van der Waals surface area contributed by atoms with Gasteiger partial charge in [0.15, 0.2) is 0 Å². The maximum Gasteiger partial charge on any atom is 0.0812 e. The van der Waals surface area contributed by atoms with Gasteiger partial charge < -0.3 is 9.84 Å². The van der Waals surface area contributed by atoms with Crippen molar-refractivity contribution in [3.63, 3.8) is 0 Å². The third kappa shape index (κ3) is 1.29. The molecule has 3 nitrogen and oxygen atoms in total. The normalized spacial score (nSPS) is 19.0. The molecular formula is C11H11NO2S. The standard InChI is InChI=1S/C11H11NO2S/c13-4-11(5-14-6-11)8-1-2-9-10(3-8)15-7-12-9/h1-3,7,13H,4-6H2. The van der Waals surface area contributed by atoms with E-state index < -0.39 is 0 Å². The molecule has 15 heavy (non-hydrogen) atoms. The number of nitrogens with zero attached hydrogens (tertiary/aromatic N) is 1. The van der Waals surface area contributed by atoms with Crippen molar-refractivity contribution in [2.75, 3.05) is 19.8 Å². The van der Waals surface area contributed by atoms with E-state index in [1.54, 1.807) is 11.3 Å². The second kappa shape index (κ2) is 3.27.